The Balaban J connectivity index is 1.90. The number of hydrogen-bond acceptors (Lipinski definition) is 4. The van der Waals surface area contributed by atoms with Crippen molar-refractivity contribution in [1.29, 1.82) is 0 Å². The molecule has 3 aromatic rings. The van der Waals surface area contributed by atoms with E-state index in [2.05, 4.69) is 20.4 Å². The summed E-state index contributed by atoms with van der Waals surface area (Å²) in [6.07, 6.45) is -2.21. The summed E-state index contributed by atoms with van der Waals surface area (Å²) in [5.74, 6) is 0.502. The van der Waals surface area contributed by atoms with Crippen LogP contribution in [0.15, 0.2) is 36.8 Å². The van der Waals surface area contributed by atoms with Crippen LogP contribution < -0.4 is 5.32 Å². The van der Waals surface area contributed by atoms with Crippen molar-refractivity contribution in [2.75, 3.05) is 5.32 Å². The highest BCUT2D eigenvalue weighted by atomic mass is 19.4. The number of hydrogen-bond donors (Lipinski definition) is 1. The summed E-state index contributed by atoms with van der Waals surface area (Å²) in [7, 11) is 1.75. The number of nitrogens with zero attached hydrogens (tertiary/aromatic N) is 4. The Hall–Kier alpha value is -2.64. The molecule has 22 heavy (non-hydrogen) atoms. The minimum Gasteiger partial charge on any atom is -0.340 e. The van der Waals surface area contributed by atoms with Gasteiger partial charge in [0.05, 0.1) is 18.0 Å². The minimum atomic E-state index is -4.23. The van der Waals surface area contributed by atoms with Crippen LogP contribution >= 0.6 is 0 Å². The summed E-state index contributed by atoms with van der Waals surface area (Å²) in [6.45, 7) is 0. The van der Waals surface area contributed by atoms with E-state index in [1.54, 1.807) is 30.1 Å². The Morgan fingerprint density at radius 2 is 2.05 bits per heavy atom. The van der Waals surface area contributed by atoms with Crippen LogP contribution in [0.2, 0.25) is 0 Å². The number of benzene rings is 1. The lowest BCUT2D eigenvalue weighted by atomic mass is 10.1. The highest BCUT2D eigenvalue weighted by Crippen LogP contribution is 2.25. The Morgan fingerprint density at radius 1 is 1.23 bits per heavy atom. The third kappa shape index (κ3) is 3.00. The predicted molar refractivity (Wildman–Crippen MR) is 75.8 cm³/mol. The molecule has 0 fully saturated rings. The van der Waals surface area contributed by atoms with Gasteiger partial charge in [-0.3, -0.25) is 4.68 Å². The second-order valence-corrected chi connectivity index (χ2v) is 4.85. The Bertz CT molecular complexity index is 810. The second kappa shape index (κ2) is 5.28. The molecule has 5 nitrogen and oxygen atoms in total. The summed E-state index contributed by atoms with van der Waals surface area (Å²) >= 11 is 0. The van der Waals surface area contributed by atoms with Crippen LogP contribution in [-0.4, -0.2) is 25.9 Å². The molecule has 0 radical (unpaired) electrons. The molecule has 1 aromatic carbocycles. The average Bonchev–Trinajstić information content (AvgIpc) is 2.80. The van der Waals surface area contributed by atoms with Gasteiger partial charge < -0.3 is 5.32 Å². The van der Waals surface area contributed by atoms with E-state index in [-0.39, 0.29) is 5.56 Å². The molecule has 2 heterocycles. The fourth-order valence-corrected chi connectivity index (χ4v) is 2.19. The Morgan fingerprint density at radius 3 is 2.82 bits per heavy atom. The van der Waals surface area contributed by atoms with Gasteiger partial charge in [-0.05, 0) is 17.7 Å². The molecule has 2 aromatic heterocycles. The highest BCUT2D eigenvalue weighted by molar-refractivity contribution is 5.88. The number of halogens is 3. The number of aryl methyl sites for hydroxylation is 1. The first-order valence-electron chi connectivity index (χ1n) is 6.48. The van der Waals surface area contributed by atoms with E-state index in [0.29, 0.717) is 22.5 Å². The SMILES string of the molecule is Cn1ncc2c(Nc3cccc(CC(F)(F)F)c3)ncnc21. The minimum absolute atomic E-state index is 0.189. The van der Waals surface area contributed by atoms with E-state index < -0.39 is 12.6 Å². The van der Waals surface area contributed by atoms with Crippen molar-refractivity contribution in [3.05, 3.63) is 42.4 Å². The fraction of sp³-hybridized carbons (Fsp3) is 0.214. The maximum absolute atomic E-state index is 12.5. The zero-order chi connectivity index (χ0) is 15.7. The molecule has 0 saturated heterocycles. The predicted octanol–water partition coefficient (Wildman–Crippen LogP) is 3.21. The molecule has 0 unspecified atom stereocenters. The average molecular weight is 307 g/mol. The summed E-state index contributed by atoms with van der Waals surface area (Å²) in [4.78, 5) is 8.23. The van der Waals surface area contributed by atoms with Gasteiger partial charge in [-0.15, -0.1) is 0 Å². The molecule has 0 amide bonds. The molecule has 0 atom stereocenters. The van der Waals surface area contributed by atoms with E-state index >= 15 is 0 Å². The maximum Gasteiger partial charge on any atom is 0.393 e. The van der Waals surface area contributed by atoms with Gasteiger partial charge >= 0.3 is 6.18 Å². The lowest BCUT2D eigenvalue weighted by Gasteiger charge is -2.10. The first-order valence-corrected chi connectivity index (χ1v) is 6.48. The van der Waals surface area contributed by atoms with Crippen molar-refractivity contribution < 1.29 is 13.2 Å². The van der Waals surface area contributed by atoms with Crippen molar-refractivity contribution in [2.24, 2.45) is 7.05 Å². The molecule has 0 aliphatic carbocycles. The number of alkyl halides is 3. The molecule has 1 N–H and O–H groups in total. The highest BCUT2D eigenvalue weighted by Gasteiger charge is 2.27. The summed E-state index contributed by atoms with van der Waals surface area (Å²) in [6, 6.07) is 6.16. The van der Waals surface area contributed by atoms with E-state index in [9.17, 15) is 13.2 Å². The zero-order valence-corrected chi connectivity index (χ0v) is 11.6. The van der Waals surface area contributed by atoms with E-state index in [1.165, 1.54) is 18.5 Å². The molecular formula is C14H12F3N5. The van der Waals surface area contributed by atoms with Crippen LogP contribution in [0.25, 0.3) is 11.0 Å². The standard InChI is InChI=1S/C14H12F3N5/c1-22-13-11(7-20-22)12(18-8-19-13)21-10-4-2-3-9(5-10)6-14(15,16)17/h2-5,7-8H,6H2,1H3,(H,18,19,21). The van der Waals surface area contributed by atoms with Crippen LogP contribution in [0.5, 0.6) is 0 Å². The van der Waals surface area contributed by atoms with E-state index in [0.717, 1.165) is 0 Å². The Kier molecular flexibility index (Phi) is 3.44. The zero-order valence-electron chi connectivity index (χ0n) is 11.6. The first kappa shape index (κ1) is 14.3. The van der Waals surface area contributed by atoms with Crippen molar-refractivity contribution >= 4 is 22.5 Å². The van der Waals surface area contributed by atoms with Crippen LogP contribution in [0.1, 0.15) is 5.56 Å². The van der Waals surface area contributed by atoms with Gasteiger partial charge in [0.2, 0.25) is 0 Å². The fourth-order valence-electron chi connectivity index (χ4n) is 2.19. The molecule has 0 aliphatic rings. The molecule has 0 saturated carbocycles. The van der Waals surface area contributed by atoms with Gasteiger partial charge in [-0.25, -0.2) is 9.97 Å². The van der Waals surface area contributed by atoms with Gasteiger partial charge in [0.1, 0.15) is 12.1 Å². The monoisotopic (exact) mass is 307 g/mol. The number of rotatable bonds is 3. The molecule has 0 spiro atoms. The van der Waals surface area contributed by atoms with Gasteiger partial charge in [0.15, 0.2) is 5.65 Å². The topological polar surface area (TPSA) is 55.6 Å². The lowest BCUT2D eigenvalue weighted by molar-refractivity contribution is -0.127. The lowest BCUT2D eigenvalue weighted by Crippen LogP contribution is -2.11. The molecule has 3 rings (SSSR count). The van der Waals surface area contributed by atoms with Crippen LogP contribution in [0, 0.1) is 0 Å². The van der Waals surface area contributed by atoms with E-state index in [1.807, 2.05) is 0 Å². The quantitative estimate of drug-likeness (QED) is 0.807. The van der Waals surface area contributed by atoms with Crippen LogP contribution in [0.3, 0.4) is 0 Å². The number of anilines is 2. The molecule has 114 valence electrons. The van der Waals surface area contributed by atoms with Crippen molar-refractivity contribution in [3.63, 3.8) is 0 Å². The van der Waals surface area contributed by atoms with Gasteiger partial charge in [-0.2, -0.15) is 18.3 Å². The maximum atomic E-state index is 12.5. The normalized spacial score (nSPS) is 11.8. The summed E-state index contributed by atoms with van der Waals surface area (Å²) in [5.41, 5.74) is 1.36. The van der Waals surface area contributed by atoms with Gasteiger partial charge in [0, 0.05) is 12.7 Å². The largest absolute Gasteiger partial charge is 0.393 e. The van der Waals surface area contributed by atoms with Crippen LogP contribution in [-0.2, 0) is 13.5 Å². The second-order valence-electron chi connectivity index (χ2n) is 4.85. The smallest absolute Gasteiger partial charge is 0.340 e. The first-order chi connectivity index (χ1) is 10.4. The molecule has 8 heteroatoms. The summed E-state index contributed by atoms with van der Waals surface area (Å²) < 4.78 is 39.0. The van der Waals surface area contributed by atoms with Gasteiger partial charge in [0.25, 0.3) is 0 Å². The van der Waals surface area contributed by atoms with Crippen LogP contribution in [0.4, 0.5) is 24.7 Å². The molecule has 0 bridgehead atoms. The third-order valence-corrected chi connectivity index (χ3v) is 3.12. The third-order valence-electron chi connectivity index (χ3n) is 3.12. The van der Waals surface area contributed by atoms with Crippen molar-refractivity contribution in [2.45, 2.75) is 12.6 Å². The Labute approximate surface area is 123 Å². The molecular weight excluding hydrogens is 295 g/mol. The summed E-state index contributed by atoms with van der Waals surface area (Å²) in [5, 5.41) is 7.80. The van der Waals surface area contributed by atoms with Crippen molar-refractivity contribution in [1.82, 2.24) is 19.7 Å². The molecule has 0 aliphatic heterocycles. The van der Waals surface area contributed by atoms with E-state index in [4.69, 9.17) is 0 Å². The van der Waals surface area contributed by atoms with Gasteiger partial charge in [-0.1, -0.05) is 12.1 Å². The number of fused-ring (bicyclic) bond motifs is 1. The number of nitrogens with one attached hydrogen (secondary N) is 1. The number of aromatic nitrogens is 4. The van der Waals surface area contributed by atoms with Crippen molar-refractivity contribution in [3.8, 4) is 0 Å².